The van der Waals surface area contributed by atoms with Gasteiger partial charge in [-0.05, 0) is 31.9 Å². The Hall–Kier alpha value is -1.68. The normalized spacial score (nSPS) is 22.2. The molecule has 1 saturated carbocycles. The van der Waals surface area contributed by atoms with Gasteiger partial charge in [0.05, 0.1) is 5.92 Å². The smallest absolute Gasteiger partial charge is 0.231 e. The molecule has 0 saturated heterocycles. The predicted molar refractivity (Wildman–Crippen MR) is 77.6 cm³/mol. The second kappa shape index (κ2) is 6.18. The first-order valence-electron chi connectivity index (χ1n) is 7.40. The highest BCUT2D eigenvalue weighted by molar-refractivity contribution is 5.15. The summed E-state index contributed by atoms with van der Waals surface area (Å²) in [7, 11) is 2.01. The van der Waals surface area contributed by atoms with E-state index in [0.717, 1.165) is 31.0 Å². The maximum absolute atomic E-state index is 5.47. The standard InChI is InChI=1S/C16H21N3O/c1-17-14-9-5-8-13(14)16-18-15(19-20-16)11-10-12-6-3-2-4-7-12/h2-4,6-7,13-14,17H,5,8-11H2,1H3. The number of aromatic nitrogens is 2. The van der Waals surface area contributed by atoms with Crippen molar-refractivity contribution in [2.24, 2.45) is 0 Å². The summed E-state index contributed by atoms with van der Waals surface area (Å²) in [6.45, 7) is 0. The van der Waals surface area contributed by atoms with Crippen LogP contribution in [-0.2, 0) is 12.8 Å². The van der Waals surface area contributed by atoms with Gasteiger partial charge in [0.25, 0.3) is 0 Å². The molecular weight excluding hydrogens is 250 g/mol. The van der Waals surface area contributed by atoms with Gasteiger partial charge in [-0.2, -0.15) is 4.98 Å². The third kappa shape index (κ3) is 2.90. The lowest BCUT2D eigenvalue weighted by Gasteiger charge is -2.14. The van der Waals surface area contributed by atoms with Gasteiger partial charge in [0.1, 0.15) is 0 Å². The quantitative estimate of drug-likeness (QED) is 0.908. The van der Waals surface area contributed by atoms with Crippen LogP contribution in [0.2, 0.25) is 0 Å². The molecule has 20 heavy (non-hydrogen) atoms. The van der Waals surface area contributed by atoms with Crippen LogP contribution in [0.25, 0.3) is 0 Å². The highest BCUT2D eigenvalue weighted by atomic mass is 16.5. The molecular formula is C16H21N3O. The summed E-state index contributed by atoms with van der Waals surface area (Å²) in [6.07, 6.45) is 5.37. The van der Waals surface area contributed by atoms with Gasteiger partial charge in [-0.25, -0.2) is 0 Å². The molecule has 0 radical (unpaired) electrons. The Labute approximate surface area is 119 Å². The number of rotatable bonds is 5. The second-order valence-electron chi connectivity index (χ2n) is 5.47. The lowest BCUT2D eigenvalue weighted by Crippen LogP contribution is -2.27. The Balaban J connectivity index is 1.62. The molecule has 4 heteroatoms. The van der Waals surface area contributed by atoms with Crippen LogP contribution in [-0.4, -0.2) is 23.2 Å². The van der Waals surface area contributed by atoms with Crippen molar-refractivity contribution in [1.29, 1.82) is 0 Å². The molecule has 106 valence electrons. The van der Waals surface area contributed by atoms with E-state index in [1.165, 1.54) is 18.4 Å². The van der Waals surface area contributed by atoms with Crippen LogP contribution >= 0.6 is 0 Å². The fraction of sp³-hybridized carbons (Fsp3) is 0.500. The topological polar surface area (TPSA) is 51.0 Å². The maximum atomic E-state index is 5.47. The number of hydrogen-bond donors (Lipinski definition) is 1. The molecule has 1 aliphatic carbocycles. The van der Waals surface area contributed by atoms with E-state index in [-0.39, 0.29) is 0 Å². The van der Waals surface area contributed by atoms with E-state index in [0.29, 0.717) is 12.0 Å². The van der Waals surface area contributed by atoms with E-state index in [9.17, 15) is 0 Å². The lowest BCUT2D eigenvalue weighted by molar-refractivity contribution is 0.332. The van der Waals surface area contributed by atoms with Crippen molar-refractivity contribution in [3.05, 3.63) is 47.6 Å². The van der Waals surface area contributed by atoms with Gasteiger partial charge >= 0.3 is 0 Å². The van der Waals surface area contributed by atoms with Crippen LogP contribution in [0, 0.1) is 0 Å². The van der Waals surface area contributed by atoms with Crippen LogP contribution in [0.5, 0.6) is 0 Å². The Bertz CT molecular complexity index is 538. The zero-order valence-corrected chi connectivity index (χ0v) is 11.9. The fourth-order valence-corrected chi connectivity index (χ4v) is 3.02. The molecule has 2 atom stereocenters. The van der Waals surface area contributed by atoms with E-state index >= 15 is 0 Å². The molecule has 0 aliphatic heterocycles. The zero-order chi connectivity index (χ0) is 13.8. The molecule has 4 nitrogen and oxygen atoms in total. The minimum atomic E-state index is 0.387. The molecule has 3 rings (SSSR count). The van der Waals surface area contributed by atoms with E-state index in [1.54, 1.807) is 0 Å². The highest BCUT2D eigenvalue weighted by Crippen LogP contribution is 2.33. The van der Waals surface area contributed by atoms with E-state index in [1.807, 2.05) is 13.1 Å². The van der Waals surface area contributed by atoms with E-state index in [4.69, 9.17) is 4.52 Å². The Morgan fingerprint density at radius 1 is 1.20 bits per heavy atom. The van der Waals surface area contributed by atoms with Gasteiger partial charge in [-0.3, -0.25) is 0 Å². The average Bonchev–Trinajstić information content (AvgIpc) is 3.14. The van der Waals surface area contributed by atoms with Crippen molar-refractivity contribution in [1.82, 2.24) is 15.5 Å². The van der Waals surface area contributed by atoms with Gasteiger partial charge < -0.3 is 9.84 Å². The third-order valence-electron chi connectivity index (χ3n) is 4.17. The van der Waals surface area contributed by atoms with Crippen LogP contribution in [0.3, 0.4) is 0 Å². The summed E-state index contributed by atoms with van der Waals surface area (Å²) in [5.74, 6) is 2.02. The van der Waals surface area contributed by atoms with Gasteiger partial charge in [-0.15, -0.1) is 0 Å². The average molecular weight is 271 g/mol. The summed E-state index contributed by atoms with van der Waals surface area (Å²) >= 11 is 0. The molecule has 1 N–H and O–H groups in total. The molecule has 0 bridgehead atoms. The van der Waals surface area contributed by atoms with Gasteiger partial charge in [-0.1, -0.05) is 41.9 Å². The first-order chi connectivity index (χ1) is 9.86. The predicted octanol–water partition coefficient (Wildman–Crippen LogP) is 2.71. The molecule has 1 heterocycles. The third-order valence-corrected chi connectivity index (χ3v) is 4.17. The Morgan fingerprint density at radius 3 is 2.85 bits per heavy atom. The van der Waals surface area contributed by atoms with Crippen LogP contribution in [0.15, 0.2) is 34.9 Å². The first kappa shape index (κ1) is 13.3. The molecule has 1 aliphatic rings. The summed E-state index contributed by atoms with van der Waals surface area (Å²) in [5, 5.41) is 7.48. The van der Waals surface area contributed by atoms with Crippen molar-refractivity contribution in [2.75, 3.05) is 7.05 Å². The zero-order valence-electron chi connectivity index (χ0n) is 11.9. The molecule has 0 spiro atoms. The number of hydrogen-bond acceptors (Lipinski definition) is 4. The minimum Gasteiger partial charge on any atom is -0.339 e. The van der Waals surface area contributed by atoms with E-state index in [2.05, 4.69) is 39.7 Å². The lowest BCUT2D eigenvalue weighted by atomic mass is 10.0. The fourth-order valence-electron chi connectivity index (χ4n) is 3.02. The second-order valence-corrected chi connectivity index (χ2v) is 5.47. The molecule has 2 unspecified atom stereocenters. The minimum absolute atomic E-state index is 0.387. The molecule has 1 aromatic heterocycles. The number of aryl methyl sites for hydroxylation is 2. The van der Waals surface area contributed by atoms with Crippen molar-refractivity contribution in [2.45, 2.75) is 44.1 Å². The molecule has 0 amide bonds. The highest BCUT2D eigenvalue weighted by Gasteiger charge is 2.31. The summed E-state index contributed by atoms with van der Waals surface area (Å²) in [5.41, 5.74) is 1.31. The van der Waals surface area contributed by atoms with Crippen LogP contribution in [0.1, 0.15) is 42.5 Å². The molecule has 1 aromatic carbocycles. The molecule has 2 aromatic rings. The number of nitrogens with one attached hydrogen (secondary N) is 1. The van der Waals surface area contributed by atoms with Gasteiger partial charge in [0.15, 0.2) is 5.82 Å². The summed E-state index contributed by atoms with van der Waals surface area (Å²) < 4.78 is 5.47. The first-order valence-corrected chi connectivity index (χ1v) is 7.40. The SMILES string of the molecule is CNC1CCCC1c1nc(CCc2ccccc2)no1. The largest absolute Gasteiger partial charge is 0.339 e. The Morgan fingerprint density at radius 2 is 2.05 bits per heavy atom. The Kier molecular flexibility index (Phi) is 4.11. The van der Waals surface area contributed by atoms with Crippen molar-refractivity contribution in [3.63, 3.8) is 0 Å². The van der Waals surface area contributed by atoms with Gasteiger partial charge in [0.2, 0.25) is 5.89 Å². The number of nitrogens with zero attached hydrogens (tertiary/aromatic N) is 2. The van der Waals surface area contributed by atoms with Crippen molar-refractivity contribution in [3.8, 4) is 0 Å². The number of likely N-dealkylation sites (N-methyl/N-ethyl adjacent to an activating group) is 1. The van der Waals surface area contributed by atoms with Crippen LogP contribution in [0.4, 0.5) is 0 Å². The summed E-state index contributed by atoms with van der Waals surface area (Å²) in [6, 6.07) is 10.9. The van der Waals surface area contributed by atoms with E-state index < -0.39 is 0 Å². The van der Waals surface area contributed by atoms with Crippen molar-refractivity contribution < 1.29 is 4.52 Å². The van der Waals surface area contributed by atoms with Crippen molar-refractivity contribution >= 4 is 0 Å². The summed E-state index contributed by atoms with van der Waals surface area (Å²) in [4.78, 5) is 4.59. The monoisotopic (exact) mass is 271 g/mol. The van der Waals surface area contributed by atoms with Crippen LogP contribution < -0.4 is 5.32 Å². The van der Waals surface area contributed by atoms with Gasteiger partial charge in [0, 0.05) is 12.5 Å². The number of benzene rings is 1. The molecule has 1 fully saturated rings. The maximum Gasteiger partial charge on any atom is 0.231 e.